The zero-order chi connectivity index (χ0) is 23.9. The summed E-state index contributed by atoms with van der Waals surface area (Å²) in [6.07, 6.45) is 2.48. The number of benzene rings is 2. The third kappa shape index (κ3) is 4.30. The van der Waals surface area contributed by atoms with E-state index in [0.29, 0.717) is 29.0 Å². The molecule has 6 nitrogen and oxygen atoms in total. The van der Waals surface area contributed by atoms with Gasteiger partial charge in [0, 0.05) is 37.7 Å². The lowest BCUT2D eigenvalue weighted by molar-refractivity contribution is -0.127. The van der Waals surface area contributed by atoms with Crippen molar-refractivity contribution in [3.63, 3.8) is 0 Å². The molecule has 8 heteroatoms. The summed E-state index contributed by atoms with van der Waals surface area (Å²) in [5.41, 5.74) is 2.75. The maximum atomic E-state index is 13.3. The zero-order valence-corrected chi connectivity index (χ0v) is 20.7. The minimum absolute atomic E-state index is 0.0169. The van der Waals surface area contributed by atoms with E-state index in [9.17, 15) is 9.59 Å². The molecule has 3 heterocycles. The third-order valence-corrected chi connectivity index (χ3v) is 7.92. The topological polar surface area (TPSA) is 62.7 Å². The monoisotopic (exact) mass is 495 g/mol. The molecule has 2 aliphatic rings. The molecule has 0 radical (unpaired) electrons. The van der Waals surface area contributed by atoms with E-state index in [0.717, 1.165) is 29.0 Å². The van der Waals surface area contributed by atoms with Gasteiger partial charge in [0.05, 0.1) is 12.6 Å². The van der Waals surface area contributed by atoms with Gasteiger partial charge >= 0.3 is 0 Å². The van der Waals surface area contributed by atoms with E-state index < -0.39 is 0 Å². The fourth-order valence-electron chi connectivity index (χ4n) is 5.02. The molecule has 1 aromatic heterocycles. The van der Waals surface area contributed by atoms with E-state index in [2.05, 4.69) is 11.1 Å². The van der Waals surface area contributed by atoms with E-state index in [4.69, 9.17) is 16.3 Å². The van der Waals surface area contributed by atoms with Crippen molar-refractivity contribution in [2.75, 3.05) is 24.5 Å². The van der Waals surface area contributed by atoms with Gasteiger partial charge in [-0.25, -0.2) is 4.98 Å². The number of halogens is 1. The first-order valence-electron chi connectivity index (χ1n) is 11.4. The van der Waals surface area contributed by atoms with Gasteiger partial charge < -0.3 is 14.5 Å². The van der Waals surface area contributed by atoms with Gasteiger partial charge in [-0.2, -0.15) is 0 Å². The number of fused-ring (bicyclic) bond motifs is 2. The van der Waals surface area contributed by atoms with Crippen LogP contribution < -0.4 is 9.64 Å². The van der Waals surface area contributed by atoms with Gasteiger partial charge in [-0.15, -0.1) is 11.3 Å². The number of hydrogen-bond acceptors (Lipinski definition) is 5. The van der Waals surface area contributed by atoms with Gasteiger partial charge in [0.25, 0.3) is 0 Å². The Hall–Kier alpha value is -2.90. The number of nitrogens with zero attached hydrogens (tertiary/aromatic N) is 3. The molecule has 0 bridgehead atoms. The first-order chi connectivity index (χ1) is 16.3. The highest BCUT2D eigenvalue weighted by Gasteiger charge is 2.49. The average molecular weight is 496 g/mol. The molecule has 2 amide bonds. The van der Waals surface area contributed by atoms with Crippen LogP contribution in [0.15, 0.2) is 54.7 Å². The van der Waals surface area contributed by atoms with Crippen LogP contribution in [0.1, 0.15) is 42.5 Å². The van der Waals surface area contributed by atoms with Crippen LogP contribution >= 0.6 is 22.9 Å². The van der Waals surface area contributed by atoms with Crippen molar-refractivity contribution < 1.29 is 14.3 Å². The Morgan fingerprint density at radius 2 is 2.00 bits per heavy atom. The molecule has 0 saturated carbocycles. The molecule has 0 N–H and O–H groups in total. The third-order valence-electron chi connectivity index (χ3n) is 6.80. The Morgan fingerprint density at radius 1 is 1.21 bits per heavy atom. The van der Waals surface area contributed by atoms with Crippen LogP contribution in [0.2, 0.25) is 4.34 Å². The molecular formula is C26H26ClN3O3S. The van der Waals surface area contributed by atoms with Gasteiger partial charge in [-0.05, 0) is 42.7 Å². The van der Waals surface area contributed by atoms with Gasteiger partial charge in [0.2, 0.25) is 11.8 Å². The summed E-state index contributed by atoms with van der Waals surface area (Å²) in [6.45, 7) is 5.46. The van der Waals surface area contributed by atoms with Gasteiger partial charge in [0.1, 0.15) is 21.2 Å². The van der Waals surface area contributed by atoms with Crippen molar-refractivity contribution in [1.29, 1.82) is 0 Å². The fourth-order valence-corrected chi connectivity index (χ4v) is 5.97. The molecule has 1 spiro atoms. The summed E-state index contributed by atoms with van der Waals surface area (Å²) in [7, 11) is 0. The maximum Gasteiger partial charge on any atom is 0.233 e. The Labute approximate surface area is 208 Å². The molecular weight excluding hydrogens is 470 g/mol. The van der Waals surface area contributed by atoms with Crippen LogP contribution in [-0.4, -0.2) is 41.3 Å². The summed E-state index contributed by atoms with van der Waals surface area (Å²) >= 11 is 7.34. The number of aromatic nitrogens is 1. The minimum Gasteiger partial charge on any atom is -0.486 e. The number of likely N-dealkylation sites (tertiary alicyclic amines) is 1. The van der Waals surface area contributed by atoms with Crippen molar-refractivity contribution in [3.05, 3.63) is 75.2 Å². The summed E-state index contributed by atoms with van der Waals surface area (Å²) < 4.78 is 6.86. The molecule has 0 aliphatic carbocycles. The van der Waals surface area contributed by atoms with Crippen molar-refractivity contribution in [1.82, 2.24) is 9.88 Å². The van der Waals surface area contributed by atoms with Crippen LogP contribution in [0.25, 0.3) is 0 Å². The summed E-state index contributed by atoms with van der Waals surface area (Å²) in [4.78, 5) is 33.4. The van der Waals surface area contributed by atoms with Crippen LogP contribution in [0.3, 0.4) is 0 Å². The number of carbonyl (C=O) groups excluding carboxylic acids is 2. The Morgan fingerprint density at radius 3 is 2.68 bits per heavy atom. The lowest BCUT2D eigenvalue weighted by Gasteiger charge is -2.25. The second kappa shape index (κ2) is 9.04. The maximum absolute atomic E-state index is 13.3. The van der Waals surface area contributed by atoms with E-state index >= 15 is 0 Å². The predicted molar refractivity (Wildman–Crippen MR) is 134 cm³/mol. The normalized spacial score (nSPS) is 20.0. The van der Waals surface area contributed by atoms with Crippen LogP contribution in [0, 0.1) is 0 Å². The largest absolute Gasteiger partial charge is 0.486 e. The SMILES string of the molecule is CC(=O)N1CCC2(C1)CN(C(=O)Cc1ncc(Cl)s1)c1ccc(OC(C)c3ccccc3)cc12. The molecule has 2 atom stereocenters. The fraction of sp³-hybridized carbons (Fsp3) is 0.346. The van der Waals surface area contributed by atoms with E-state index in [1.54, 1.807) is 13.1 Å². The highest BCUT2D eigenvalue weighted by molar-refractivity contribution is 7.15. The van der Waals surface area contributed by atoms with E-state index in [1.165, 1.54) is 11.3 Å². The van der Waals surface area contributed by atoms with Crippen LogP contribution in [-0.2, 0) is 21.4 Å². The number of thiazole rings is 1. The molecule has 2 unspecified atom stereocenters. The average Bonchev–Trinajstić information content (AvgIpc) is 3.53. The number of ether oxygens (including phenoxy) is 1. The van der Waals surface area contributed by atoms with Crippen LogP contribution in [0.4, 0.5) is 5.69 Å². The van der Waals surface area contributed by atoms with Crippen molar-refractivity contribution in [2.45, 2.75) is 38.2 Å². The van der Waals surface area contributed by atoms with E-state index in [1.807, 2.05) is 59.2 Å². The standard InChI is InChI=1S/C26H26ClN3O3S/c1-17(19-6-4-3-5-7-19)33-20-8-9-22-21(12-20)26(10-11-29(15-26)18(2)31)16-30(22)25(32)13-24-28-14-23(27)34-24/h3-9,12,14,17H,10-11,13,15-16H2,1-2H3. The quantitative estimate of drug-likeness (QED) is 0.499. The Balaban J connectivity index is 1.45. The number of anilines is 1. The summed E-state index contributed by atoms with van der Waals surface area (Å²) in [6, 6.07) is 16.0. The van der Waals surface area contributed by atoms with Gasteiger partial charge in [0.15, 0.2) is 0 Å². The van der Waals surface area contributed by atoms with Gasteiger partial charge in [-0.1, -0.05) is 41.9 Å². The lowest BCUT2D eigenvalue weighted by atomic mass is 9.81. The zero-order valence-electron chi connectivity index (χ0n) is 19.2. The van der Waals surface area contributed by atoms with Crippen molar-refractivity contribution in [3.8, 4) is 5.75 Å². The molecule has 176 valence electrons. The molecule has 2 aromatic carbocycles. The molecule has 1 fully saturated rings. The highest BCUT2D eigenvalue weighted by atomic mass is 35.5. The first-order valence-corrected chi connectivity index (χ1v) is 12.6. The molecule has 2 aliphatic heterocycles. The smallest absolute Gasteiger partial charge is 0.233 e. The molecule has 3 aromatic rings. The molecule has 5 rings (SSSR count). The minimum atomic E-state index is -0.299. The number of hydrogen-bond donors (Lipinski definition) is 0. The van der Waals surface area contributed by atoms with Crippen LogP contribution in [0.5, 0.6) is 5.75 Å². The van der Waals surface area contributed by atoms with Gasteiger partial charge in [-0.3, -0.25) is 9.59 Å². The first kappa shape index (κ1) is 22.9. The second-order valence-electron chi connectivity index (χ2n) is 9.04. The molecule has 34 heavy (non-hydrogen) atoms. The molecule has 1 saturated heterocycles. The Bertz CT molecular complexity index is 1230. The lowest BCUT2D eigenvalue weighted by Crippen LogP contribution is -2.40. The number of amides is 2. The van der Waals surface area contributed by atoms with E-state index in [-0.39, 0.29) is 29.8 Å². The summed E-state index contributed by atoms with van der Waals surface area (Å²) in [5, 5.41) is 0.700. The number of rotatable bonds is 5. The Kier molecular flexibility index (Phi) is 6.08. The number of carbonyl (C=O) groups is 2. The predicted octanol–water partition coefficient (Wildman–Crippen LogP) is 5.02. The second-order valence-corrected chi connectivity index (χ2v) is 10.8. The summed E-state index contributed by atoms with van der Waals surface area (Å²) in [5.74, 6) is 0.805. The van der Waals surface area contributed by atoms with Crippen molar-refractivity contribution in [2.24, 2.45) is 0 Å². The van der Waals surface area contributed by atoms with Crippen molar-refractivity contribution >= 4 is 40.4 Å². The highest BCUT2D eigenvalue weighted by Crippen LogP contribution is 2.48.